The Hall–Kier alpha value is -2.48. The third-order valence-electron chi connectivity index (χ3n) is 5.67. The largest absolute Gasteiger partial charge is 0.299 e. The Labute approximate surface area is 163 Å². The van der Waals surface area contributed by atoms with Crippen LogP contribution in [0.1, 0.15) is 62.0 Å². The SMILES string of the molecule is C=C(C)C(C)CC(C)(CCc1ccc(C(=O)c2ccccc2)cc1)C(C)=O. The first-order valence-electron chi connectivity index (χ1n) is 9.58. The van der Waals surface area contributed by atoms with Crippen molar-refractivity contribution >= 4 is 11.6 Å². The van der Waals surface area contributed by atoms with Gasteiger partial charge >= 0.3 is 0 Å². The van der Waals surface area contributed by atoms with E-state index >= 15 is 0 Å². The molecule has 0 saturated carbocycles. The number of hydrogen-bond donors (Lipinski definition) is 0. The molecule has 142 valence electrons. The average molecular weight is 363 g/mol. The van der Waals surface area contributed by atoms with Gasteiger partial charge in [0.1, 0.15) is 5.78 Å². The topological polar surface area (TPSA) is 34.1 Å². The number of rotatable bonds is 9. The molecule has 2 aromatic rings. The lowest BCUT2D eigenvalue weighted by molar-refractivity contribution is -0.126. The van der Waals surface area contributed by atoms with Gasteiger partial charge in [0.15, 0.2) is 5.78 Å². The molecule has 2 heteroatoms. The van der Waals surface area contributed by atoms with Gasteiger partial charge in [-0.25, -0.2) is 0 Å². The molecular formula is C25H30O2. The third kappa shape index (κ3) is 5.50. The standard InChI is InChI=1S/C25H30O2/c1-18(2)19(3)17-25(5,20(4)26)16-15-21-11-13-23(14-12-21)24(27)22-9-7-6-8-10-22/h6-14,19H,1,15-17H2,2-5H3. The maximum Gasteiger partial charge on any atom is 0.193 e. The summed E-state index contributed by atoms with van der Waals surface area (Å²) in [7, 11) is 0. The predicted octanol–water partition coefficient (Wildman–Crippen LogP) is 6.05. The molecule has 2 atom stereocenters. The number of ketones is 2. The van der Waals surface area contributed by atoms with Crippen LogP contribution in [-0.2, 0) is 11.2 Å². The highest BCUT2D eigenvalue weighted by atomic mass is 16.1. The van der Waals surface area contributed by atoms with Crippen LogP contribution in [-0.4, -0.2) is 11.6 Å². The summed E-state index contributed by atoms with van der Waals surface area (Å²) < 4.78 is 0. The second-order valence-electron chi connectivity index (χ2n) is 7.96. The molecule has 2 nitrogen and oxygen atoms in total. The van der Waals surface area contributed by atoms with E-state index in [-0.39, 0.29) is 17.0 Å². The van der Waals surface area contributed by atoms with Crippen molar-refractivity contribution in [2.24, 2.45) is 11.3 Å². The van der Waals surface area contributed by atoms with E-state index in [2.05, 4.69) is 20.4 Å². The van der Waals surface area contributed by atoms with Gasteiger partial charge in [-0.1, -0.05) is 80.6 Å². The Morgan fingerprint density at radius 2 is 1.52 bits per heavy atom. The minimum Gasteiger partial charge on any atom is -0.299 e. The lowest BCUT2D eigenvalue weighted by Crippen LogP contribution is -2.29. The first-order valence-corrected chi connectivity index (χ1v) is 9.58. The molecule has 0 radical (unpaired) electrons. The van der Waals surface area contributed by atoms with E-state index in [1.165, 1.54) is 0 Å². The van der Waals surface area contributed by atoms with E-state index in [0.29, 0.717) is 17.0 Å². The molecule has 0 amide bonds. The first-order chi connectivity index (χ1) is 12.7. The van der Waals surface area contributed by atoms with E-state index in [1.807, 2.05) is 61.5 Å². The van der Waals surface area contributed by atoms with Crippen molar-refractivity contribution in [3.63, 3.8) is 0 Å². The van der Waals surface area contributed by atoms with Crippen molar-refractivity contribution in [3.8, 4) is 0 Å². The molecule has 2 rings (SSSR count). The van der Waals surface area contributed by atoms with Crippen LogP contribution in [0.2, 0.25) is 0 Å². The minimum absolute atomic E-state index is 0.0333. The Kier molecular flexibility index (Phi) is 6.90. The van der Waals surface area contributed by atoms with Crippen molar-refractivity contribution in [1.82, 2.24) is 0 Å². The smallest absolute Gasteiger partial charge is 0.193 e. The summed E-state index contributed by atoms with van der Waals surface area (Å²) in [5, 5.41) is 0. The van der Waals surface area contributed by atoms with Gasteiger partial charge in [0.25, 0.3) is 0 Å². The van der Waals surface area contributed by atoms with Crippen LogP contribution in [0.4, 0.5) is 0 Å². The second-order valence-corrected chi connectivity index (χ2v) is 7.96. The molecule has 2 unspecified atom stereocenters. The Morgan fingerprint density at radius 3 is 2.04 bits per heavy atom. The van der Waals surface area contributed by atoms with Crippen LogP contribution in [0.3, 0.4) is 0 Å². The maximum atomic E-state index is 12.5. The van der Waals surface area contributed by atoms with Crippen LogP contribution in [0.15, 0.2) is 66.7 Å². The Balaban J connectivity index is 2.06. The van der Waals surface area contributed by atoms with E-state index < -0.39 is 0 Å². The number of allylic oxidation sites excluding steroid dienone is 1. The number of hydrogen-bond acceptors (Lipinski definition) is 2. The van der Waals surface area contributed by atoms with Gasteiger partial charge in [0.2, 0.25) is 0 Å². The van der Waals surface area contributed by atoms with Gasteiger partial charge < -0.3 is 0 Å². The van der Waals surface area contributed by atoms with Gasteiger partial charge in [-0.2, -0.15) is 0 Å². The molecule has 0 heterocycles. The van der Waals surface area contributed by atoms with Gasteiger partial charge in [0.05, 0.1) is 0 Å². The van der Waals surface area contributed by atoms with Gasteiger partial charge in [-0.3, -0.25) is 9.59 Å². The normalized spacial score (nSPS) is 14.2. The summed E-state index contributed by atoms with van der Waals surface area (Å²) in [5.74, 6) is 0.585. The molecule has 0 N–H and O–H groups in total. The maximum absolute atomic E-state index is 12.5. The highest BCUT2D eigenvalue weighted by Gasteiger charge is 2.31. The zero-order chi connectivity index (χ0) is 20.0. The quantitative estimate of drug-likeness (QED) is 0.402. The lowest BCUT2D eigenvalue weighted by Gasteiger charge is -2.30. The molecule has 2 aromatic carbocycles. The van der Waals surface area contributed by atoms with E-state index in [1.54, 1.807) is 6.92 Å². The fraction of sp³-hybridized carbons (Fsp3) is 0.360. The number of Topliss-reactive ketones (excluding diaryl/α,β-unsaturated/α-hetero) is 1. The highest BCUT2D eigenvalue weighted by Crippen LogP contribution is 2.34. The molecule has 27 heavy (non-hydrogen) atoms. The molecule has 0 aliphatic heterocycles. The highest BCUT2D eigenvalue weighted by molar-refractivity contribution is 6.08. The summed E-state index contributed by atoms with van der Waals surface area (Å²) >= 11 is 0. The van der Waals surface area contributed by atoms with Crippen molar-refractivity contribution in [2.75, 3.05) is 0 Å². The van der Waals surface area contributed by atoms with Gasteiger partial charge in [0, 0.05) is 16.5 Å². The van der Waals surface area contributed by atoms with Gasteiger partial charge in [-0.15, -0.1) is 0 Å². The van der Waals surface area contributed by atoms with E-state index in [4.69, 9.17) is 0 Å². The molecular weight excluding hydrogens is 332 g/mol. The fourth-order valence-electron chi connectivity index (χ4n) is 3.27. The molecule has 0 aliphatic rings. The average Bonchev–Trinajstić information content (AvgIpc) is 2.66. The molecule has 0 spiro atoms. The Bertz CT molecular complexity index is 802. The fourth-order valence-corrected chi connectivity index (χ4v) is 3.27. The molecule has 0 aromatic heterocycles. The second kappa shape index (κ2) is 8.94. The molecule has 0 saturated heterocycles. The van der Waals surface area contributed by atoms with Crippen molar-refractivity contribution in [3.05, 3.63) is 83.4 Å². The molecule has 0 bridgehead atoms. The summed E-state index contributed by atoms with van der Waals surface area (Å²) in [5.41, 5.74) is 3.30. The summed E-state index contributed by atoms with van der Waals surface area (Å²) in [6, 6.07) is 17.1. The van der Waals surface area contributed by atoms with Crippen LogP contribution < -0.4 is 0 Å². The number of benzene rings is 2. The van der Waals surface area contributed by atoms with E-state index in [0.717, 1.165) is 30.4 Å². The first kappa shape index (κ1) is 20.8. The minimum atomic E-state index is -0.350. The Morgan fingerprint density at radius 1 is 0.963 bits per heavy atom. The van der Waals surface area contributed by atoms with Crippen LogP contribution in [0, 0.1) is 11.3 Å². The van der Waals surface area contributed by atoms with Crippen LogP contribution in [0.5, 0.6) is 0 Å². The summed E-state index contributed by atoms with van der Waals surface area (Å²) in [4.78, 5) is 24.8. The lowest BCUT2D eigenvalue weighted by atomic mass is 9.73. The predicted molar refractivity (Wildman–Crippen MR) is 112 cm³/mol. The number of aryl methyl sites for hydroxylation is 1. The zero-order valence-electron chi connectivity index (χ0n) is 16.9. The van der Waals surface area contributed by atoms with Crippen LogP contribution in [0.25, 0.3) is 0 Å². The van der Waals surface area contributed by atoms with Crippen molar-refractivity contribution < 1.29 is 9.59 Å². The van der Waals surface area contributed by atoms with Crippen LogP contribution >= 0.6 is 0 Å². The van der Waals surface area contributed by atoms with Gasteiger partial charge in [-0.05, 0) is 44.6 Å². The molecule has 0 fully saturated rings. The number of carbonyl (C=O) groups is 2. The third-order valence-corrected chi connectivity index (χ3v) is 5.67. The molecule has 0 aliphatic carbocycles. The summed E-state index contributed by atoms with van der Waals surface area (Å²) in [6.07, 6.45) is 2.44. The van der Waals surface area contributed by atoms with E-state index in [9.17, 15) is 9.59 Å². The number of carbonyl (C=O) groups excluding carboxylic acids is 2. The summed E-state index contributed by atoms with van der Waals surface area (Å²) in [6.45, 7) is 11.9. The van der Waals surface area contributed by atoms with Crippen molar-refractivity contribution in [2.45, 2.75) is 47.0 Å². The van der Waals surface area contributed by atoms with Crippen molar-refractivity contribution in [1.29, 1.82) is 0 Å². The zero-order valence-corrected chi connectivity index (χ0v) is 16.9. The monoisotopic (exact) mass is 362 g/mol.